The third-order valence-electron chi connectivity index (χ3n) is 5.91. The molecule has 3 rings (SSSR count). The number of aromatic hydroxyl groups is 5. The molecule has 3 aromatic carbocycles. The van der Waals surface area contributed by atoms with E-state index in [0.717, 1.165) is 33.4 Å². The lowest BCUT2D eigenvalue weighted by atomic mass is 9.92. The zero-order valence-corrected chi connectivity index (χ0v) is 17.0. The van der Waals surface area contributed by atoms with Crippen molar-refractivity contribution in [2.75, 3.05) is 0 Å². The molecule has 0 aliphatic heterocycles. The van der Waals surface area contributed by atoms with Gasteiger partial charge in [0.05, 0.1) is 0 Å². The maximum absolute atomic E-state index is 10.4. The van der Waals surface area contributed by atoms with Crippen molar-refractivity contribution < 1.29 is 25.5 Å². The van der Waals surface area contributed by atoms with E-state index in [1.807, 2.05) is 27.7 Å². The van der Waals surface area contributed by atoms with Crippen LogP contribution in [0.3, 0.4) is 0 Å². The quantitative estimate of drug-likeness (QED) is 0.415. The molecule has 0 fully saturated rings. The Bertz CT molecular complexity index is 1020. The molecule has 0 radical (unpaired) electrons. The van der Waals surface area contributed by atoms with Crippen LogP contribution < -0.4 is 0 Å². The zero-order valence-electron chi connectivity index (χ0n) is 17.0. The fourth-order valence-electron chi connectivity index (χ4n) is 3.55. The van der Waals surface area contributed by atoms with Gasteiger partial charge in [0.25, 0.3) is 0 Å². The summed E-state index contributed by atoms with van der Waals surface area (Å²) in [6.07, 6.45) is 0.681. The average molecular weight is 394 g/mol. The second-order valence-electron chi connectivity index (χ2n) is 7.58. The lowest BCUT2D eigenvalue weighted by Gasteiger charge is -2.16. The molecule has 5 N–H and O–H groups in total. The minimum Gasteiger partial charge on any atom is -0.508 e. The molecule has 5 heteroatoms. The van der Waals surface area contributed by atoms with Gasteiger partial charge in [0.1, 0.15) is 11.5 Å². The van der Waals surface area contributed by atoms with Crippen molar-refractivity contribution in [3.05, 3.63) is 74.8 Å². The van der Waals surface area contributed by atoms with Crippen LogP contribution in [0.25, 0.3) is 0 Å². The van der Waals surface area contributed by atoms with E-state index in [0.29, 0.717) is 24.0 Å². The molecule has 152 valence electrons. The molecule has 0 saturated carbocycles. The third-order valence-corrected chi connectivity index (χ3v) is 5.91. The van der Waals surface area contributed by atoms with Gasteiger partial charge in [-0.3, -0.25) is 0 Å². The minimum absolute atomic E-state index is 0.211. The summed E-state index contributed by atoms with van der Waals surface area (Å²) in [5.41, 5.74) is 6.12. The average Bonchev–Trinajstić information content (AvgIpc) is 2.70. The van der Waals surface area contributed by atoms with E-state index in [1.165, 1.54) is 0 Å². The van der Waals surface area contributed by atoms with Crippen molar-refractivity contribution in [3.8, 4) is 28.7 Å². The van der Waals surface area contributed by atoms with Gasteiger partial charge in [0.2, 0.25) is 5.75 Å². The van der Waals surface area contributed by atoms with Crippen LogP contribution in [0.5, 0.6) is 28.7 Å². The topological polar surface area (TPSA) is 101 Å². The summed E-state index contributed by atoms with van der Waals surface area (Å²) in [4.78, 5) is 0. The first-order valence-electron chi connectivity index (χ1n) is 9.43. The summed E-state index contributed by atoms with van der Waals surface area (Å²) in [7, 11) is 0. The summed E-state index contributed by atoms with van der Waals surface area (Å²) in [5.74, 6) is -0.824. The third kappa shape index (κ3) is 3.68. The molecule has 0 aromatic heterocycles. The van der Waals surface area contributed by atoms with Gasteiger partial charge in [-0.15, -0.1) is 0 Å². The first-order chi connectivity index (χ1) is 13.6. The fraction of sp³-hybridized carbons (Fsp3) is 0.250. The summed E-state index contributed by atoms with van der Waals surface area (Å²) >= 11 is 0. The Morgan fingerprint density at radius 3 is 1.24 bits per heavy atom. The van der Waals surface area contributed by atoms with Gasteiger partial charge in [-0.1, -0.05) is 12.1 Å². The lowest BCUT2D eigenvalue weighted by molar-refractivity contribution is 0.363. The first-order valence-corrected chi connectivity index (χ1v) is 9.43. The minimum atomic E-state index is -0.543. The Morgan fingerprint density at radius 1 is 0.483 bits per heavy atom. The predicted octanol–water partition coefficient (Wildman–Crippen LogP) is 4.63. The van der Waals surface area contributed by atoms with Crippen molar-refractivity contribution in [1.82, 2.24) is 0 Å². The Balaban J connectivity index is 2.04. The highest BCUT2D eigenvalue weighted by atomic mass is 16.3. The van der Waals surface area contributed by atoms with Crippen LogP contribution in [0.2, 0.25) is 0 Å². The predicted molar refractivity (Wildman–Crippen MR) is 112 cm³/mol. The van der Waals surface area contributed by atoms with E-state index >= 15 is 0 Å². The van der Waals surface area contributed by atoms with E-state index < -0.39 is 5.75 Å². The van der Waals surface area contributed by atoms with Crippen LogP contribution in [0.4, 0.5) is 0 Å². The highest BCUT2D eigenvalue weighted by molar-refractivity contribution is 5.60. The SMILES string of the molecule is Cc1c(O)ccc(Cc2cc(Cc3ccc(O)c(C)c3C)c(O)c(O)c2O)c1C. The number of hydrogen-bond acceptors (Lipinski definition) is 5. The van der Waals surface area contributed by atoms with Crippen LogP contribution in [0, 0.1) is 27.7 Å². The molecular weight excluding hydrogens is 368 g/mol. The molecule has 0 aliphatic carbocycles. The lowest BCUT2D eigenvalue weighted by Crippen LogP contribution is -1.99. The van der Waals surface area contributed by atoms with E-state index in [-0.39, 0.29) is 23.0 Å². The molecule has 0 spiro atoms. The Labute approximate surface area is 170 Å². The van der Waals surface area contributed by atoms with Crippen LogP contribution in [-0.4, -0.2) is 25.5 Å². The highest BCUT2D eigenvalue weighted by Crippen LogP contribution is 2.42. The number of hydrogen-bond donors (Lipinski definition) is 5. The van der Waals surface area contributed by atoms with Gasteiger partial charge < -0.3 is 25.5 Å². The van der Waals surface area contributed by atoms with E-state index in [2.05, 4.69) is 0 Å². The molecule has 29 heavy (non-hydrogen) atoms. The smallest absolute Gasteiger partial charge is 0.200 e. The Hall–Kier alpha value is -3.34. The molecule has 0 heterocycles. The van der Waals surface area contributed by atoms with Crippen molar-refractivity contribution in [3.63, 3.8) is 0 Å². The van der Waals surface area contributed by atoms with Crippen LogP contribution in [0.1, 0.15) is 44.5 Å². The number of benzene rings is 3. The number of rotatable bonds is 4. The molecule has 5 nitrogen and oxygen atoms in total. The maximum Gasteiger partial charge on any atom is 0.200 e. The number of phenols is 5. The molecule has 0 aliphatic rings. The maximum atomic E-state index is 10.4. The van der Waals surface area contributed by atoms with Crippen LogP contribution in [-0.2, 0) is 12.8 Å². The van der Waals surface area contributed by atoms with Gasteiger partial charge in [-0.05, 0) is 79.3 Å². The van der Waals surface area contributed by atoms with Crippen LogP contribution in [0.15, 0.2) is 30.3 Å². The van der Waals surface area contributed by atoms with Crippen molar-refractivity contribution >= 4 is 0 Å². The largest absolute Gasteiger partial charge is 0.508 e. The van der Waals surface area contributed by atoms with Crippen molar-refractivity contribution in [2.24, 2.45) is 0 Å². The highest BCUT2D eigenvalue weighted by Gasteiger charge is 2.19. The molecule has 0 bridgehead atoms. The standard InChI is InChI=1S/C24H26O5/c1-12-14(3)20(25)7-5-16(12)9-18-11-19(23(28)24(29)22(18)27)10-17-6-8-21(26)15(4)13(17)2/h5-8,11,25-29H,9-10H2,1-4H3. The van der Waals surface area contributed by atoms with E-state index in [4.69, 9.17) is 0 Å². The molecule has 0 unspecified atom stereocenters. The molecule has 0 saturated heterocycles. The second-order valence-corrected chi connectivity index (χ2v) is 7.58. The van der Waals surface area contributed by atoms with Crippen molar-refractivity contribution in [1.29, 1.82) is 0 Å². The van der Waals surface area contributed by atoms with E-state index in [9.17, 15) is 25.5 Å². The Morgan fingerprint density at radius 2 is 0.862 bits per heavy atom. The molecule has 3 aromatic rings. The van der Waals surface area contributed by atoms with Gasteiger partial charge >= 0.3 is 0 Å². The molecule has 0 atom stereocenters. The van der Waals surface area contributed by atoms with Crippen LogP contribution >= 0.6 is 0 Å². The zero-order chi connectivity index (χ0) is 21.5. The monoisotopic (exact) mass is 394 g/mol. The van der Waals surface area contributed by atoms with Gasteiger partial charge in [-0.25, -0.2) is 0 Å². The number of phenolic OH excluding ortho intramolecular Hbond substituents is 5. The summed E-state index contributed by atoms with van der Waals surface area (Å²) in [6.45, 7) is 7.43. The van der Waals surface area contributed by atoms with Gasteiger partial charge in [0, 0.05) is 24.0 Å². The molecule has 0 amide bonds. The van der Waals surface area contributed by atoms with E-state index in [1.54, 1.807) is 30.3 Å². The Kier molecular flexibility index (Phi) is 5.33. The molecular formula is C24H26O5. The first kappa shape index (κ1) is 20.4. The summed E-state index contributed by atoms with van der Waals surface area (Å²) in [6, 6.07) is 8.48. The fourth-order valence-corrected chi connectivity index (χ4v) is 3.55. The second kappa shape index (κ2) is 7.59. The summed E-state index contributed by atoms with van der Waals surface area (Å²) in [5, 5.41) is 50.8. The summed E-state index contributed by atoms with van der Waals surface area (Å²) < 4.78 is 0. The van der Waals surface area contributed by atoms with Gasteiger partial charge in [-0.2, -0.15) is 0 Å². The van der Waals surface area contributed by atoms with Gasteiger partial charge in [0.15, 0.2) is 11.5 Å². The normalized spacial score (nSPS) is 11.0. The van der Waals surface area contributed by atoms with Crippen molar-refractivity contribution in [2.45, 2.75) is 40.5 Å².